The van der Waals surface area contributed by atoms with Crippen molar-refractivity contribution in [1.82, 2.24) is 0 Å². The molecule has 0 bridgehead atoms. The lowest BCUT2D eigenvalue weighted by Gasteiger charge is -2.03. The predicted molar refractivity (Wildman–Crippen MR) is 54.4 cm³/mol. The Morgan fingerprint density at radius 1 is 1.36 bits per heavy atom. The third-order valence-electron chi connectivity index (χ3n) is 1.78. The number of hydrogen-bond acceptors (Lipinski definition) is 2. The zero-order valence-electron chi connectivity index (χ0n) is 7.57. The minimum absolute atomic E-state index is 0.227. The molecule has 1 atom stereocenters. The summed E-state index contributed by atoms with van der Waals surface area (Å²) in [5, 5.41) is 0. The summed E-state index contributed by atoms with van der Waals surface area (Å²) >= 11 is 0. The van der Waals surface area contributed by atoms with Crippen molar-refractivity contribution in [1.29, 1.82) is 0 Å². The van der Waals surface area contributed by atoms with E-state index in [9.17, 15) is 12.8 Å². The van der Waals surface area contributed by atoms with Crippen molar-refractivity contribution < 1.29 is 12.8 Å². The van der Waals surface area contributed by atoms with Crippen LogP contribution in [0.25, 0.3) is 0 Å². The van der Waals surface area contributed by atoms with Crippen LogP contribution in [0.5, 0.6) is 0 Å². The zero-order valence-corrected chi connectivity index (χ0v) is 9.15. The number of rotatable bonds is 3. The van der Waals surface area contributed by atoms with Gasteiger partial charge in [0.25, 0.3) is 0 Å². The average Bonchev–Trinajstić information content (AvgIpc) is 2.02. The Kier molecular flexibility index (Phi) is 3.50. The van der Waals surface area contributed by atoms with E-state index in [-0.39, 0.29) is 5.75 Å². The highest BCUT2D eigenvalue weighted by Crippen LogP contribution is 2.18. The first-order chi connectivity index (χ1) is 6.38. The summed E-state index contributed by atoms with van der Waals surface area (Å²) in [5.74, 6) is -0.227. The van der Waals surface area contributed by atoms with E-state index in [2.05, 4.69) is 0 Å². The minimum Gasteiger partial charge on any atom is -0.243 e. The molecule has 1 aromatic carbocycles. The van der Waals surface area contributed by atoms with Gasteiger partial charge >= 0.3 is 0 Å². The molecule has 0 aliphatic carbocycles. The Labute approximate surface area is 87.1 Å². The lowest BCUT2D eigenvalue weighted by Crippen LogP contribution is -1.95. The van der Waals surface area contributed by atoms with Crippen LogP contribution in [0.2, 0.25) is 0 Å². The second kappa shape index (κ2) is 4.28. The van der Waals surface area contributed by atoms with Gasteiger partial charge in [-0.1, -0.05) is 24.3 Å². The summed E-state index contributed by atoms with van der Waals surface area (Å²) in [6.07, 6.45) is -1.04. The Hall–Kier alpha value is -0.610. The van der Waals surface area contributed by atoms with E-state index >= 15 is 0 Å². The molecular formula is C9H10ClFO2S. The highest BCUT2D eigenvalue weighted by Gasteiger charge is 2.08. The third-order valence-corrected chi connectivity index (χ3v) is 2.78. The van der Waals surface area contributed by atoms with Crippen molar-refractivity contribution in [2.45, 2.75) is 18.8 Å². The number of benzene rings is 1. The molecule has 0 N–H and O–H groups in total. The van der Waals surface area contributed by atoms with Crippen LogP contribution in [0.15, 0.2) is 24.3 Å². The van der Waals surface area contributed by atoms with E-state index < -0.39 is 15.2 Å². The van der Waals surface area contributed by atoms with Crippen molar-refractivity contribution in [3.05, 3.63) is 35.4 Å². The summed E-state index contributed by atoms with van der Waals surface area (Å²) in [7, 11) is 1.54. The van der Waals surface area contributed by atoms with Crippen LogP contribution in [-0.2, 0) is 14.8 Å². The van der Waals surface area contributed by atoms with Crippen molar-refractivity contribution >= 4 is 19.7 Å². The van der Waals surface area contributed by atoms with Crippen LogP contribution in [-0.4, -0.2) is 8.42 Å². The largest absolute Gasteiger partial charge is 0.243 e. The smallest absolute Gasteiger partial charge is 0.236 e. The van der Waals surface area contributed by atoms with Crippen LogP contribution >= 0.6 is 10.7 Å². The first-order valence-corrected chi connectivity index (χ1v) is 6.51. The van der Waals surface area contributed by atoms with Gasteiger partial charge in [-0.15, -0.1) is 0 Å². The second-order valence-electron chi connectivity index (χ2n) is 3.04. The Morgan fingerprint density at radius 3 is 2.21 bits per heavy atom. The molecule has 0 aliphatic rings. The van der Waals surface area contributed by atoms with Crippen molar-refractivity contribution in [2.75, 3.05) is 0 Å². The Balaban J connectivity index is 2.84. The van der Waals surface area contributed by atoms with Crippen LogP contribution in [0.3, 0.4) is 0 Å². The van der Waals surface area contributed by atoms with Crippen molar-refractivity contribution in [3.63, 3.8) is 0 Å². The van der Waals surface area contributed by atoms with Crippen LogP contribution in [0.4, 0.5) is 4.39 Å². The maximum atomic E-state index is 12.8. The first-order valence-electron chi connectivity index (χ1n) is 4.04. The van der Waals surface area contributed by atoms with Gasteiger partial charge in [0.05, 0.1) is 5.75 Å². The molecule has 0 aromatic heterocycles. The summed E-state index contributed by atoms with van der Waals surface area (Å²) in [6.45, 7) is 1.42. The third kappa shape index (κ3) is 3.64. The SMILES string of the molecule is CC(F)c1ccc(CS(=O)(=O)Cl)cc1. The van der Waals surface area contributed by atoms with Gasteiger partial charge in [0, 0.05) is 10.7 Å². The lowest BCUT2D eigenvalue weighted by molar-refractivity contribution is 0.374. The monoisotopic (exact) mass is 236 g/mol. The molecule has 1 unspecified atom stereocenters. The molecule has 2 nitrogen and oxygen atoms in total. The van der Waals surface area contributed by atoms with E-state index in [4.69, 9.17) is 10.7 Å². The lowest BCUT2D eigenvalue weighted by atomic mass is 10.1. The quantitative estimate of drug-likeness (QED) is 0.757. The highest BCUT2D eigenvalue weighted by atomic mass is 35.7. The Bertz CT molecular complexity index is 397. The van der Waals surface area contributed by atoms with E-state index in [1.165, 1.54) is 6.92 Å². The fraction of sp³-hybridized carbons (Fsp3) is 0.333. The first kappa shape index (κ1) is 11.5. The molecule has 0 aliphatic heterocycles. The fourth-order valence-corrected chi connectivity index (χ4v) is 2.05. The van der Waals surface area contributed by atoms with Crippen molar-refractivity contribution in [2.24, 2.45) is 0 Å². The molecule has 14 heavy (non-hydrogen) atoms. The summed E-state index contributed by atoms with van der Waals surface area (Å²) in [6, 6.07) is 6.24. The van der Waals surface area contributed by atoms with Gasteiger partial charge in [-0.25, -0.2) is 12.8 Å². The van der Waals surface area contributed by atoms with Gasteiger partial charge in [0.2, 0.25) is 9.05 Å². The number of hydrogen-bond donors (Lipinski definition) is 0. The van der Waals surface area contributed by atoms with E-state index in [1.807, 2.05) is 0 Å². The van der Waals surface area contributed by atoms with Gasteiger partial charge < -0.3 is 0 Å². The molecule has 0 heterocycles. The molecule has 0 radical (unpaired) electrons. The predicted octanol–water partition coefficient (Wildman–Crippen LogP) is 2.79. The standard InChI is InChI=1S/C9H10ClFO2S/c1-7(11)9-4-2-8(3-5-9)6-14(10,12)13/h2-5,7H,6H2,1H3. The van der Waals surface area contributed by atoms with E-state index in [0.717, 1.165) is 0 Å². The molecule has 0 fully saturated rings. The fourth-order valence-electron chi connectivity index (χ4n) is 1.08. The molecule has 1 aromatic rings. The Morgan fingerprint density at radius 2 is 1.86 bits per heavy atom. The molecule has 78 valence electrons. The summed E-state index contributed by atoms with van der Waals surface area (Å²) < 4.78 is 34.2. The van der Waals surface area contributed by atoms with Gasteiger partial charge in [0.15, 0.2) is 0 Å². The molecule has 0 amide bonds. The second-order valence-corrected chi connectivity index (χ2v) is 5.82. The number of alkyl halides is 1. The normalized spacial score (nSPS) is 13.9. The minimum atomic E-state index is -3.53. The van der Waals surface area contributed by atoms with Crippen LogP contribution in [0.1, 0.15) is 24.2 Å². The van der Waals surface area contributed by atoms with Gasteiger partial charge in [0.1, 0.15) is 6.17 Å². The molecule has 1 rings (SSSR count). The van der Waals surface area contributed by atoms with E-state index in [1.54, 1.807) is 24.3 Å². The van der Waals surface area contributed by atoms with Gasteiger partial charge in [-0.2, -0.15) is 0 Å². The van der Waals surface area contributed by atoms with Crippen molar-refractivity contribution in [3.8, 4) is 0 Å². The molecule has 0 saturated carbocycles. The summed E-state index contributed by atoms with van der Waals surface area (Å²) in [4.78, 5) is 0. The number of halogens is 2. The molecule has 5 heteroatoms. The van der Waals surface area contributed by atoms with Crippen LogP contribution < -0.4 is 0 Å². The molecule has 0 spiro atoms. The van der Waals surface area contributed by atoms with Crippen LogP contribution in [0, 0.1) is 0 Å². The maximum absolute atomic E-state index is 12.8. The summed E-state index contributed by atoms with van der Waals surface area (Å²) in [5.41, 5.74) is 1.09. The van der Waals surface area contributed by atoms with E-state index in [0.29, 0.717) is 11.1 Å². The topological polar surface area (TPSA) is 34.1 Å². The average molecular weight is 237 g/mol. The zero-order chi connectivity index (χ0) is 10.8. The molecule has 0 saturated heterocycles. The van der Waals surface area contributed by atoms with Gasteiger partial charge in [-0.05, 0) is 18.1 Å². The maximum Gasteiger partial charge on any atom is 0.236 e. The highest BCUT2D eigenvalue weighted by molar-refractivity contribution is 8.13. The van der Waals surface area contributed by atoms with Gasteiger partial charge in [-0.3, -0.25) is 0 Å². The molecular weight excluding hydrogens is 227 g/mol.